The van der Waals surface area contributed by atoms with Crippen LogP contribution >= 0.6 is 0 Å². The van der Waals surface area contributed by atoms with E-state index in [9.17, 15) is 14.4 Å². The molecule has 4 rings (SSSR count). The first-order valence-corrected chi connectivity index (χ1v) is 12.2. The number of amides is 1. The fourth-order valence-electron chi connectivity index (χ4n) is 5.03. The van der Waals surface area contributed by atoms with Crippen LogP contribution in [-0.4, -0.2) is 56.0 Å². The average molecular weight is 470 g/mol. The first-order chi connectivity index (χ1) is 16.0. The fraction of sp³-hybridized carbons (Fsp3) is 0.640. The van der Waals surface area contributed by atoms with E-state index < -0.39 is 5.60 Å². The Kier molecular flexibility index (Phi) is 6.64. The van der Waals surface area contributed by atoms with Gasteiger partial charge >= 0.3 is 6.09 Å². The van der Waals surface area contributed by atoms with E-state index in [1.54, 1.807) is 22.6 Å². The highest BCUT2D eigenvalue weighted by atomic mass is 16.6. The molecule has 1 amide bonds. The standard InChI is InChI=1S/C25H35N5O4/c1-15-19-14-26-23(27-17-10-12-29(13-11-17)24(33)34-25(3,4)5)28-21(19)30(18-8-6-7-9-18)22(32)20(15)16(2)31/h14,17-18H,6-13H2,1-5H3,(H,26,27,28). The van der Waals surface area contributed by atoms with Crippen molar-refractivity contribution in [1.29, 1.82) is 0 Å². The predicted molar refractivity (Wildman–Crippen MR) is 130 cm³/mol. The maximum absolute atomic E-state index is 13.3. The zero-order valence-electron chi connectivity index (χ0n) is 20.8. The number of hydrogen-bond acceptors (Lipinski definition) is 7. The van der Waals surface area contributed by atoms with Crippen LogP contribution < -0.4 is 10.9 Å². The third-order valence-corrected chi connectivity index (χ3v) is 6.73. The maximum atomic E-state index is 13.3. The van der Waals surface area contributed by atoms with Crippen LogP contribution in [0.15, 0.2) is 11.0 Å². The summed E-state index contributed by atoms with van der Waals surface area (Å²) in [6, 6.07) is 0.161. The molecule has 2 aromatic rings. The monoisotopic (exact) mass is 469 g/mol. The van der Waals surface area contributed by atoms with Crippen LogP contribution in [0.4, 0.5) is 10.7 Å². The van der Waals surface area contributed by atoms with Crippen LogP contribution in [0.5, 0.6) is 0 Å². The van der Waals surface area contributed by atoms with E-state index in [2.05, 4.69) is 10.3 Å². The van der Waals surface area contributed by atoms with Gasteiger partial charge in [-0.1, -0.05) is 12.8 Å². The molecule has 2 aromatic heterocycles. The molecule has 0 spiro atoms. The minimum atomic E-state index is -0.513. The third-order valence-electron chi connectivity index (χ3n) is 6.73. The number of nitrogens with zero attached hydrogens (tertiary/aromatic N) is 4. The number of hydrogen-bond donors (Lipinski definition) is 1. The smallest absolute Gasteiger partial charge is 0.410 e. The molecular formula is C25H35N5O4. The number of aromatic nitrogens is 3. The van der Waals surface area contributed by atoms with Crippen LogP contribution in [0.2, 0.25) is 0 Å². The molecule has 1 aliphatic heterocycles. The highest BCUT2D eigenvalue weighted by Gasteiger charge is 2.28. The van der Waals surface area contributed by atoms with Crippen LogP contribution in [0, 0.1) is 6.92 Å². The quantitative estimate of drug-likeness (QED) is 0.668. The molecule has 0 bridgehead atoms. The Labute approximate surface area is 199 Å². The molecule has 1 N–H and O–H groups in total. The van der Waals surface area contributed by atoms with Gasteiger partial charge in [0.1, 0.15) is 11.2 Å². The Morgan fingerprint density at radius 2 is 1.76 bits per heavy atom. The van der Waals surface area contributed by atoms with Crippen LogP contribution in [0.3, 0.4) is 0 Å². The number of aryl methyl sites for hydroxylation is 1. The van der Waals surface area contributed by atoms with Crippen molar-refractivity contribution in [2.24, 2.45) is 0 Å². The number of Topliss-reactive ketones (excluding diaryl/α,β-unsaturated/α-hetero) is 1. The molecule has 9 heteroatoms. The summed E-state index contributed by atoms with van der Waals surface area (Å²) >= 11 is 0. The molecular weight excluding hydrogens is 434 g/mol. The summed E-state index contributed by atoms with van der Waals surface area (Å²) in [5, 5.41) is 4.13. The van der Waals surface area contributed by atoms with Crippen LogP contribution in [0.1, 0.15) is 88.2 Å². The van der Waals surface area contributed by atoms with Gasteiger partial charge in [0.2, 0.25) is 5.95 Å². The van der Waals surface area contributed by atoms with Crippen molar-refractivity contribution in [1.82, 2.24) is 19.4 Å². The van der Waals surface area contributed by atoms with E-state index in [-0.39, 0.29) is 35.1 Å². The van der Waals surface area contributed by atoms with E-state index in [0.29, 0.717) is 30.2 Å². The number of rotatable bonds is 4. The van der Waals surface area contributed by atoms with Crippen molar-refractivity contribution in [3.8, 4) is 0 Å². The molecule has 1 aliphatic carbocycles. The van der Waals surface area contributed by atoms with Gasteiger partial charge in [-0.05, 0) is 65.9 Å². The van der Waals surface area contributed by atoms with Gasteiger partial charge in [-0.25, -0.2) is 9.78 Å². The van der Waals surface area contributed by atoms with Crippen molar-refractivity contribution >= 4 is 28.9 Å². The molecule has 0 unspecified atom stereocenters. The number of carbonyl (C=O) groups is 2. The lowest BCUT2D eigenvalue weighted by Gasteiger charge is -2.33. The molecule has 34 heavy (non-hydrogen) atoms. The molecule has 2 aliphatic rings. The molecule has 0 radical (unpaired) electrons. The van der Waals surface area contributed by atoms with E-state index in [4.69, 9.17) is 9.72 Å². The highest BCUT2D eigenvalue weighted by Crippen LogP contribution is 2.32. The number of ketones is 1. The number of piperidine rings is 1. The molecule has 0 atom stereocenters. The van der Waals surface area contributed by atoms with Gasteiger partial charge in [0.25, 0.3) is 5.56 Å². The number of likely N-dealkylation sites (tertiary alicyclic amines) is 1. The lowest BCUT2D eigenvalue weighted by molar-refractivity contribution is 0.0210. The lowest BCUT2D eigenvalue weighted by Crippen LogP contribution is -2.44. The first kappa shape index (κ1) is 24.2. The van der Waals surface area contributed by atoms with Crippen molar-refractivity contribution in [2.45, 2.75) is 90.8 Å². The third kappa shape index (κ3) is 4.93. The summed E-state index contributed by atoms with van der Waals surface area (Å²) in [7, 11) is 0. The maximum Gasteiger partial charge on any atom is 0.410 e. The topological polar surface area (TPSA) is 106 Å². The minimum absolute atomic E-state index is 0.0496. The van der Waals surface area contributed by atoms with Crippen molar-refractivity contribution < 1.29 is 14.3 Å². The van der Waals surface area contributed by atoms with Crippen molar-refractivity contribution in [3.05, 3.63) is 27.7 Å². The second kappa shape index (κ2) is 9.35. The molecule has 1 saturated carbocycles. The summed E-state index contributed by atoms with van der Waals surface area (Å²) < 4.78 is 7.20. The molecule has 1 saturated heterocycles. The molecule has 184 valence electrons. The second-order valence-electron chi connectivity index (χ2n) is 10.5. The van der Waals surface area contributed by atoms with Crippen LogP contribution in [0.25, 0.3) is 11.0 Å². The van der Waals surface area contributed by atoms with Gasteiger partial charge in [0, 0.05) is 36.8 Å². The van der Waals surface area contributed by atoms with Crippen molar-refractivity contribution in [2.75, 3.05) is 18.4 Å². The average Bonchev–Trinajstić information content (AvgIpc) is 3.27. The van der Waals surface area contributed by atoms with Gasteiger partial charge in [0.15, 0.2) is 5.78 Å². The SMILES string of the molecule is CC(=O)c1c(C)c2cnc(NC3CCN(C(=O)OC(C)(C)C)CC3)nc2n(C2CCCC2)c1=O. The summed E-state index contributed by atoms with van der Waals surface area (Å²) in [5.74, 6) is 0.236. The number of fused-ring (bicyclic) bond motifs is 1. The second-order valence-corrected chi connectivity index (χ2v) is 10.5. The van der Waals surface area contributed by atoms with Gasteiger partial charge in [0.05, 0.1) is 5.56 Å². The highest BCUT2D eigenvalue weighted by molar-refractivity contribution is 5.99. The minimum Gasteiger partial charge on any atom is -0.444 e. The Morgan fingerprint density at radius 1 is 1.12 bits per heavy atom. The number of carbonyl (C=O) groups excluding carboxylic acids is 2. The zero-order valence-corrected chi connectivity index (χ0v) is 20.8. The zero-order chi connectivity index (χ0) is 24.6. The van der Waals surface area contributed by atoms with Gasteiger partial charge in [-0.2, -0.15) is 4.98 Å². The first-order valence-electron chi connectivity index (χ1n) is 12.2. The Morgan fingerprint density at radius 3 is 2.35 bits per heavy atom. The number of anilines is 1. The lowest BCUT2D eigenvalue weighted by atomic mass is 10.0. The van der Waals surface area contributed by atoms with Gasteiger partial charge in [-0.15, -0.1) is 0 Å². The Balaban J connectivity index is 1.58. The van der Waals surface area contributed by atoms with E-state index in [1.807, 2.05) is 20.8 Å². The van der Waals surface area contributed by atoms with Crippen LogP contribution in [-0.2, 0) is 4.74 Å². The van der Waals surface area contributed by atoms with Gasteiger partial charge in [-0.3, -0.25) is 14.2 Å². The van der Waals surface area contributed by atoms with E-state index >= 15 is 0 Å². The molecule has 2 fully saturated rings. The molecule has 0 aromatic carbocycles. The van der Waals surface area contributed by atoms with Crippen molar-refractivity contribution in [3.63, 3.8) is 0 Å². The van der Waals surface area contributed by atoms with E-state index in [0.717, 1.165) is 43.9 Å². The van der Waals surface area contributed by atoms with Gasteiger partial charge < -0.3 is 15.0 Å². The number of nitrogens with one attached hydrogen (secondary N) is 1. The number of ether oxygens (including phenoxy) is 1. The largest absolute Gasteiger partial charge is 0.444 e. The summed E-state index contributed by atoms with van der Waals surface area (Å²) in [6.07, 6.45) is 6.87. The fourth-order valence-corrected chi connectivity index (χ4v) is 5.03. The summed E-state index contributed by atoms with van der Waals surface area (Å²) in [6.45, 7) is 10.0. The Bertz CT molecular complexity index is 1150. The summed E-state index contributed by atoms with van der Waals surface area (Å²) in [4.78, 5) is 49.0. The predicted octanol–water partition coefficient (Wildman–Crippen LogP) is 4.23. The summed E-state index contributed by atoms with van der Waals surface area (Å²) in [5.41, 5.74) is 0.695. The molecule has 3 heterocycles. The van der Waals surface area contributed by atoms with E-state index in [1.165, 1.54) is 6.92 Å². The molecule has 9 nitrogen and oxygen atoms in total. The normalized spacial score (nSPS) is 17.9. The Hall–Kier alpha value is -2.97. The number of pyridine rings is 1.